The van der Waals surface area contributed by atoms with Crippen molar-refractivity contribution in [2.45, 2.75) is 23.7 Å². The highest BCUT2D eigenvalue weighted by Gasteiger charge is 2.30. The first-order valence-electron chi connectivity index (χ1n) is 9.69. The van der Waals surface area contributed by atoms with Crippen LogP contribution in [0.2, 0.25) is 0 Å². The number of anilines is 1. The maximum atomic E-state index is 13.3. The lowest BCUT2D eigenvalue weighted by Gasteiger charge is -2.34. The summed E-state index contributed by atoms with van der Waals surface area (Å²) in [5.74, 6) is 1.41. The van der Waals surface area contributed by atoms with Gasteiger partial charge in [0.2, 0.25) is 10.0 Å². The molecule has 2 heterocycles. The Balaban J connectivity index is 1.34. The molecule has 1 saturated heterocycles. The number of fused-ring (bicyclic) bond motifs is 1. The smallest absolute Gasteiger partial charge is 0.243 e. The summed E-state index contributed by atoms with van der Waals surface area (Å²) in [5.41, 5.74) is 1.07. The molecule has 0 spiro atoms. The van der Waals surface area contributed by atoms with Gasteiger partial charge in [-0.25, -0.2) is 8.42 Å². The summed E-state index contributed by atoms with van der Waals surface area (Å²) in [4.78, 5) is 2.49. The number of aromatic nitrogens is 2. The van der Waals surface area contributed by atoms with Crippen molar-refractivity contribution in [2.75, 3.05) is 31.1 Å². The normalized spacial score (nSPS) is 18.5. The summed E-state index contributed by atoms with van der Waals surface area (Å²) in [5, 5.41) is 10.4. The van der Waals surface area contributed by atoms with E-state index < -0.39 is 10.0 Å². The quantitative estimate of drug-likeness (QED) is 0.681. The van der Waals surface area contributed by atoms with Crippen molar-refractivity contribution in [3.63, 3.8) is 0 Å². The van der Waals surface area contributed by atoms with Gasteiger partial charge in [-0.15, -0.1) is 5.10 Å². The van der Waals surface area contributed by atoms with Gasteiger partial charge in [-0.3, -0.25) is 0 Å². The molecule has 1 saturated carbocycles. The van der Waals surface area contributed by atoms with E-state index in [1.54, 1.807) is 10.4 Å². The van der Waals surface area contributed by atoms with Crippen LogP contribution in [0.25, 0.3) is 10.8 Å². The summed E-state index contributed by atoms with van der Waals surface area (Å²) in [6.07, 6.45) is 2.41. The van der Waals surface area contributed by atoms with Crippen LogP contribution in [-0.2, 0) is 10.0 Å². The Morgan fingerprint density at radius 3 is 2.29 bits per heavy atom. The molecule has 0 radical (unpaired) electrons. The average Bonchev–Trinajstić information content (AvgIpc) is 3.59. The standard InChI is InChI=1S/C21H22N4O2S/c26-28(27,20-7-3-5-16-4-1-2-6-18(16)20)25-14-12-24(13-15-25)21-11-10-19(22-23-21)17-8-9-17/h1-7,10-11,17H,8-9,12-15H2. The number of hydrogen-bond acceptors (Lipinski definition) is 5. The van der Waals surface area contributed by atoms with Crippen LogP contribution >= 0.6 is 0 Å². The maximum absolute atomic E-state index is 13.3. The maximum Gasteiger partial charge on any atom is 0.243 e. The monoisotopic (exact) mass is 394 g/mol. The second-order valence-electron chi connectivity index (χ2n) is 7.46. The topological polar surface area (TPSA) is 66.4 Å². The van der Waals surface area contributed by atoms with Gasteiger partial charge >= 0.3 is 0 Å². The van der Waals surface area contributed by atoms with Crippen LogP contribution < -0.4 is 4.90 Å². The SMILES string of the molecule is O=S(=O)(c1cccc2ccccc12)N1CCN(c2ccc(C3CC3)nn2)CC1. The second-order valence-corrected chi connectivity index (χ2v) is 9.37. The first-order chi connectivity index (χ1) is 13.6. The van der Waals surface area contributed by atoms with E-state index in [9.17, 15) is 8.42 Å². The Kier molecular flexibility index (Phi) is 4.29. The van der Waals surface area contributed by atoms with Crippen molar-refractivity contribution < 1.29 is 8.42 Å². The number of hydrogen-bond donors (Lipinski definition) is 0. The number of piperazine rings is 1. The molecular weight excluding hydrogens is 372 g/mol. The van der Waals surface area contributed by atoms with Crippen molar-refractivity contribution in [1.29, 1.82) is 0 Å². The van der Waals surface area contributed by atoms with Gasteiger partial charge in [-0.05, 0) is 36.4 Å². The van der Waals surface area contributed by atoms with Crippen LogP contribution in [-0.4, -0.2) is 49.1 Å². The molecule has 1 aliphatic heterocycles. The fraction of sp³-hybridized carbons (Fsp3) is 0.333. The van der Waals surface area contributed by atoms with Gasteiger partial charge in [0, 0.05) is 37.5 Å². The van der Waals surface area contributed by atoms with Gasteiger partial charge in [0.15, 0.2) is 5.82 Å². The van der Waals surface area contributed by atoms with Crippen LogP contribution in [0.1, 0.15) is 24.5 Å². The number of sulfonamides is 1. The fourth-order valence-electron chi connectivity index (χ4n) is 3.82. The highest BCUT2D eigenvalue weighted by atomic mass is 32.2. The van der Waals surface area contributed by atoms with Crippen molar-refractivity contribution in [3.05, 3.63) is 60.3 Å². The zero-order valence-corrected chi connectivity index (χ0v) is 16.3. The van der Waals surface area contributed by atoms with E-state index >= 15 is 0 Å². The number of benzene rings is 2. The predicted molar refractivity (Wildman–Crippen MR) is 109 cm³/mol. The van der Waals surface area contributed by atoms with Crippen molar-refractivity contribution in [3.8, 4) is 0 Å². The summed E-state index contributed by atoms with van der Waals surface area (Å²) < 4.78 is 28.1. The summed E-state index contributed by atoms with van der Waals surface area (Å²) in [6.45, 7) is 2.11. The van der Waals surface area contributed by atoms with E-state index in [-0.39, 0.29) is 0 Å². The summed E-state index contributed by atoms with van der Waals surface area (Å²) in [6, 6.07) is 17.1. The van der Waals surface area contributed by atoms with Crippen molar-refractivity contribution in [2.24, 2.45) is 0 Å². The minimum absolute atomic E-state index is 0.382. The van der Waals surface area contributed by atoms with E-state index in [0.29, 0.717) is 37.0 Å². The molecule has 5 rings (SSSR count). The average molecular weight is 395 g/mol. The Hall–Kier alpha value is -2.51. The third kappa shape index (κ3) is 3.14. The Morgan fingerprint density at radius 2 is 1.57 bits per heavy atom. The van der Waals surface area contributed by atoms with Crippen LogP contribution in [0, 0.1) is 0 Å². The molecule has 2 aliphatic rings. The Morgan fingerprint density at radius 1 is 0.821 bits per heavy atom. The highest BCUT2D eigenvalue weighted by molar-refractivity contribution is 7.89. The summed E-state index contributed by atoms with van der Waals surface area (Å²) in [7, 11) is -3.53. The van der Waals surface area contributed by atoms with E-state index in [2.05, 4.69) is 21.2 Å². The minimum Gasteiger partial charge on any atom is -0.352 e. The fourth-order valence-corrected chi connectivity index (χ4v) is 5.45. The van der Waals surface area contributed by atoms with Gasteiger partial charge < -0.3 is 4.90 Å². The van der Waals surface area contributed by atoms with E-state index in [1.165, 1.54) is 12.8 Å². The lowest BCUT2D eigenvalue weighted by atomic mass is 10.1. The largest absolute Gasteiger partial charge is 0.352 e. The molecule has 144 valence electrons. The van der Waals surface area contributed by atoms with E-state index in [1.807, 2.05) is 42.5 Å². The highest BCUT2D eigenvalue weighted by Crippen LogP contribution is 2.38. The third-order valence-corrected chi connectivity index (χ3v) is 7.55. The molecule has 2 aromatic carbocycles. The van der Waals surface area contributed by atoms with Gasteiger partial charge in [0.1, 0.15) is 0 Å². The molecule has 28 heavy (non-hydrogen) atoms. The molecule has 0 N–H and O–H groups in total. The molecule has 1 aromatic heterocycles. The first kappa shape index (κ1) is 17.6. The van der Waals surface area contributed by atoms with Gasteiger partial charge in [-0.2, -0.15) is 9.40 Å². The molecule has 6 nitrogen and oxygen atoms in total. The van der Waals surface area contributed by atoms with Gasteiger partial charge in [0.05, 0.1) is 10.6 Å². The molecule has 1 aliphatic carbocycles. The molecule has 2 fully saturated rings. The first-order valence-corrected chi connectivity index (χ1v) is 11.1. The predicted octanol–water partition coefficient (Wildman–Crippen LogP) is 3.02. The Labute approximate surface area is 164 Å². The van der Waals surface area contributed by atoms with E-state index in [0.717, 1.165) is 22.3 Å². The van der Waals surface area contributed by atoms with Crippen LogP contribution in [0.4, 0.5) is 5.82 Å². The van der Waals surface area contributed by atoms with Crippen LogP contribution in [0.15, 0.2) is 59.5 Å². The molecular formula is C21H22N4O2S. The lowest BCUT2D eigenvalue weighted by Crippen LogP contribution is -2.49. The van der Waals surface area contributed by atoms with Gasteiger partial charge in [-0.1, -0.05) is 36.4 Å². The van der Waals surface area contributed by atoms with Gasteiger partial charge in [0.25, 0.3) is 0 Å². The second kappa shape index (κ2) is 6.83. The lowest BCUT2D eigenvalue weighted by molar-refractivity contribution is 0.384. The summed E-state index contributed by atoms with van der Waals surface area (Å²) >= 11 is 0. The minimum atomic E-state index is -3.53. The van der Waals surface area contributed by atoms with E-state index in [4.69, 9.17) is 0 Å². The Bertz CT molecular complexity index is 1100. The molecule has 7 heteroatoms. The zero-order chi connectivity index (χ0) is 19.1. The molecule has 0 atom stereocenters. The molecule has 0 amide bonds. The third-order valence-electron chi connectivity index (χ3n) is 5.60. The van der Waals surface area contributed by atoms with Crippen LogP contribution in [0.5, 0.6) is 0 Å². The molecule has 3 aromatic rings. The van der Waals surface area contributed by atoms with Crippen molar-refractivity contribution >= 4 is 26.6 Å². The molecule has 0 unspecified atom stereocenters. The molecule has 0 bridgehead atoms. The van der Waals surface area contributed by atoms with Crippen molar-refractivity contribution in [1.82, 2.24) is 14.5 Å². The number of rotatable bonds is 4. The zero-order valence-electron chi connectivity index (χ0n) is 15.5. The van der Waals surface area contributed by atoms with Crippen LogP contribution in [0.3, 0.4) is 0 Å². The number of nitrogens with zero attached hydrogens (tertiary/aromatic N) is 4.